The van der Waals surface area contributed by atoms with Gasteiger partial charge in [0.1, 0.15) is 0 Å². The Labute approximate surface area is 109 Å². The zero-order valence-corrected chi connectivity index (χ0v) is 11.9. The van der Waals surface area contributed by atoms with Gasteiger partial charge < -0.3 is 5.11 Å². The molecule has 0 spiro atoms. The van der Waals surface area contributed by atoms with Crippen molar-refractivity contribution in [1.29, 1.82) is 0 Å². The first kappa shape index (κ1) is 14.3. The number of thioether (sulfide) groups is 1. The van der Waals surface area contributed by atoms with Gasteiger partial charge in [-0.2, -0.15) is 0 Å². The van der Waals surface area contributed by atoms with Crippen LogP contribution < -0.4 is 0 Å². The third kappa shape index (κ3) is 5.42. The van der Waals surface area contributed by atoms with Crippen LogP contribution in [0.25, 0.3) is 0 Å². The van der Waals surface area contributed by atoms with Gasteiger partial charge in [-0.05, 0) is 46.2 Å². The van der Waals surface area contributed by atoms with E-state index in [0.717, 1.165) is 6.42 Å². The quantitative estimate of drug-likeness (QED) is 0.622. The highest BCUT2D eigenvalue weighted by Gasteiger charge is 2.26. The first-order valence-electron chi connectivity index (χ1n) is 5.97. The summed E-state index contributed by atoms with van der Waals surface area (Å²) in [4.78, 5) is 1.21. The van der Waals surface area contributed by atoms with Crippen molar-refractivity contribution in [2.45, 2.75) is 49.9 Å². The van der Waals surface area contributed by atoms with E-state index >= 15 is 0 Å². The number of rotatable bonds is 5. The molecule has 0 aromatic heterocycles. The average Bonchev–Trinajstić information content (AvgIpc) is 2.23. The molecule has 0 fully saturated rings. The van der Waals surface area contributed by atoms with Crippen molar-refractivity contribution in [1.82, 2.24) is 0 Å². The molecule has 0 aliphatic heterocycles. The molecule has 0 saturated heterocycles. The molecule has 1 aromatic carbocycles. The summed E-state index contributed by atoms with van der Waals surface area (Å²) in [5, 5.41) is 10.4. The molecule has 0 saturated carbocycles. The molecular formula is C15H22OS. The van der Waals surface area contributed by atoms with Gasteiger partial charge in [0.15, 0.2) is 0 Å². The van der Waals surface area contributed by atoms with Crippen LogP contribution in [0.2, 0.25) is 0 Å². The fraction of sp³-hybridized carbons (Fsp3) is 0.467. The largest absolute Gasteiger partial charge is 0.389 e. The Morgan fingerprint density at radius 3 is 2.35 bits per heavy atom. The third-order valence-corrected chi connectivity index (χ3v) is 4.15. The summed E-state index contributed by atoms with van der Waals surface area (Å²) in [7, 11) is 0. The molecule has 94 valence electrons. The minimum atomic E-state index is -0.674. The van der Waals surface area contributed by atoms with E-state index in [-0.39, 0.29) is 5.25 Å². The summed E-state index contributed by atoms with van der Waals surface area (Å²) in [6.45, 7) is 7.95. The summed E-state index contributed by atoms with van der Waals surface area (Å²) < 4.78 is 0. The average molecular weight is 250 g/mol. The Kier molecular flexibility index (Phi) is 5.29. The summed E-state index contributed by atoms with van der Waals surface area (Å²) in [6.07, 6.45) is 3.09. The molecule has 1 unspecified atom stereocenters. The van der Waals surface area contributed by atoms with Gasteiger partial charge >= 0.3 is 0 Å². The molecule has 1 atom stereocenters. The van der Waals surface area contributed by atoms with E-state index in [4.69, 9.17) is 0 Å². The van der Waals surface area contributed by atoms with Gasteiger partial charge in [0, 0.05) is 10.1 Å². The fourth-order valence-electron chi connectivity index (χ4n) is 1.49. The topological polar surface area (TPSA) is 20.2 Å². The van der Waals surface area contributed by atoms with Crippen molar-refractivity contribution < 1.29 is 5.11 Å². The van der Waals surface area contributed by atoms with Crippen LogP contribution in [0, 0.1) is 0 Å². The lowest BCUT2D eigenvalue weighted by Crippen LogP contribution is -2.33. The second-order valence-electron chi connectivity index (χ2n) is 5.09. The highest BCUT2D eigenvalue weighted by molar-refractivity contribution is 8.00. The van der Waals surface area contributed by atoms with Crippen LogP contribution in [0.4, 0.5) is 0 Å². The third-order valence-electron chi connectivity index (χ3n) is 2.55. The Hall–Kier alpha value is -0.730. The maximum Gasteiger partial charge on any atom is 0.0716 e. The van der Waals surface area contributed by atoms with Crippen molar-refractivity contribution in [3.63, 3.8) is 0 Å². The maximum absolute atomic E-state index is 10.2. The van der Waals surface area contributed by atoms with Crippen molar-refractivity contribution in [3.05, 3.63) is 42.0 Å². The Morgan fingerprint density at radius 1 is 1.29 bits per heavy atom. The molecular weight excluding hydrogens is 228 g/mol. The normalized spacial score (nSPS) is 13.2. The van der Waals surface area contributed by atoms with E-state index in [0.29, 0.717) is 0 Å². The molecule has 1 aromatic rings. The SMILES string of the molecule is CC(C)=CCC(Sc1ccccc1)C(C)(C)O. The van der Waals surface area contributed by atoms with Crippen LogP contribution in [-0.4, -0.2) is 16.0 Å². The zero-order valence-electron chi connectivity index (χ0n) is 11.1. The lowest BCUT2D eigenvalue weighted by Gasteiger charge is -2.28. The number of benzene rings is 1. The van der Waals surface area contributed by atoms with E-state index in [1.807, 2.05) is 32.0 Å². The highest BCUT2D eigenvalue weighted by Crippen LogP contribution is 2.32. The number of hydrogen-bond acceptors (Lipinski definition) is 2. The van der Waals surface area contributed by atoms with Gasteiger partial charge in [-0.3, -0.25) is 0 Å². The molecule has 0 heterocycles. The first-order valence-corrected chi connectivity index (χ1v) is 6.85. The van der Waals surface area contributed by atoms with Crippen LogP contribution in [0.15, 0.2) is 46.9 Å². The van der Waals surface area contributed by atoms with Gasteiger partial charge in [0.2, 0.25) is 0 Å². The molecule has 0 bridgehead atoms. The van der Waals surface area contributed by atoms with Crippen LogP contribution in [0.1, 0.15) is 34.1 Å². The van der Waals surface area contributed by atoms with E-state index < -0.39 is 5.60 Å². The van der Waals surface area contributed by atoms with Gasteiger partial charge in [-0.15, -0.1) is 11.8 Å². The van der Waals surface area contributed by atoms with Crippen LogP contribution >= 0.6 is 11.8 Å². The summed E-state index contributed by atoms with van der Waals surface area (Å²) in [6, 6.07) is 10.3. The molecule has 1 rings (SSSR count). The second kappa shape index (κ2) is 6.27. The molecule has 2 heteroatoms. The van der Waals surface area contributed by atoms with E-state index in [9.17, 15) is 5.11 Å². The molecule has 0 aliphatic carbocycles. The van der Waals surface area contributed by atoms with Gasteiger partial charge in [0.25, 0.3) is 0 Å². The smallest absolute Gasteiger partial charge is 0.0716 e. The lowest BCUT2D eigenvalue weighted by atomic mass is 10.0. The predicted molar refractivity (Wildman–Crippen MR) is 76.4 cm³/mol. The summed E-state index contributed by atoms with van der Waals surface area (Å²) in [5.74, 6) is 0. The predicted octanol–water partition coefficient (Wildman–Crippen LogP) is 4.27. The Balaban J connectivity index is 2.75. The Bertz CT molecular complexity index is 358. The first-order chi connectivity index (χ1) is 7.89. The van der Waals surface area contributed by atoms with Gasteiger partial charge in [-0.25, -0.2) is 0 Å². The molecule has 0 aliphatic rings. The van der Waals surface area contributed by atoms with E-state index in [2.05, 4.69) is 32.1 Å². The molecule has 1 nitrogen and oxygen atoms in total. The molecule has 0 radical (unpaired) electrons. The van der Waals surface area contributed by atoms with Gasteiger partial charge in [0.05, 0.1) is 5.60 Å². The number of allylic oxidation sites excluding steroid dienone is 2. The highest BCUT2D eigenvalue weighted by atomic mass is 32.2. The monoisotopic (exact) mass is 250 g/mol. The Morgan fingerprint density at radius 2 is 1.88 bits per heavy atom. The summed E-state index contributed by atoms with van der Waals surface area (Å²) in [5.41, 5.74) is 0.625. The molecule has 1 N–H and O–H groups in total. The van der Waals surface area contributed by atoms with Crippen LogP contribution in [0.5, 0.6) is 0 Å². The lowest BCUT2D eigenvalue weighted by molar-refractivity contribution is 0.0783. The van der Waals surface area contributed by atoms with E-state index in [1.165, 1.54) is 10.5 Å². The molecule has 17 heavy (non-hydrogen) atoms. The van der Waals surface area contributed by atoms with E-state index in [1.54, 1.807) is 11.8 Å². The van der Waals surface area contributed by atoms with Crippen molar-refractivity contribution in [2.24, 2.45) is 0 Å². The second-order valence-corrected chi connectivity index (χ2v) is 6.37. The van der Waals surface area contributed by atoms with Crippen molar-refractivity contribution >= 4 is 11.8 Å². The van der Waals surface area contributed by atoms with Crippen molar-refractivity contribution in [3.8, 4) is 0 Å². The van der Waals surface area contributed by atoms with Crippen LogP contribution in [0.3, 0.4) is 0 Å². The fourth-order valence-corrected chi connectivity index (χ4v) is 2.61. The zero-order chi connectivity index (χ0) is 12.9. The maximum atomic E-state index is 10.2. The van der Waals surface area contributed by atoms with Crippen LogP contribution in [-0.2, 0) is 0 Å². The number of hydrogen-bond donors (Lipinski definition) is 1. The van der Waals surface area contributed by atoms with Gasteiger partial charge in [-0.1, -0.05) is 29.8 Å². The van der Waals surface area contributed by atoms with Crippen molar-refractivity contribution in [2.75, 3.05) is 0 Å². The summed E-state index contributed by atoms with van der Waals surface area (Å²) >= 11 is 1.74. The number of aliphatic hydroxyl groups is 1. The standard InChI is InChI=1S/C15H22OS/c1-12(2)10-11-14(15(3,4)16)17-13-8-6-5-7-9-13/h5-10,14,16H,11H2,1-4H3. The minimum Gasteiger partial charge on any atom is -0.389 e. The molecule has 0 amide bonds. The minimum absolute atomic E-state index is 0.180.